The summed E-state index contributed by atoms with van der Waals surface area (Å²) in [6, 6.07) is 15.9. The molecule has 5 rings (SSSR count). The van der Waals surface area contributed by atoms with Gasteiger partial charge in [0.1, 0.15) is 11.9 Å². The van der Waals surface area contributed by atoms with Gasteiger partial charge in [-0.2, -0.15) is 0 Å². The van der Waals surface area contributed by atoms with Gasteiger partial charge in [-0.1, -0.05) is 35.9 Å². The number of benzene rings is 2. The van der Waals surface area contributed by atoms with Gasteiger partial charge >= 0.3 is 12.1 Å². The highest BCUT2D eigenvalue weighted by Gasteiger charge is 2.40. The Kier molecular flexibility index (Phi) is 9.37. The molecule has 43 heavy (non-hydrogen) atoms. The van der Waals surface area contributed by atoms with Crippen LogP contribution in [0.1, 0.15) is 80.6 Å². The standard InChI is InChI=1S/C34H41ClN4O4/c1-5-42-31(40)24-9-6-8-23(18-24)30-28-14-17-39(20-29(28)37-22-38-30)27-12-15-34(16-13-27,25-10-7-11-26(35)19-25)21-36-32(41)43-33(2,3)4/h6-11,18-19,22,27H,5,12-17,20-21H2,1-4H3,(H,36,41)/t27-,34+. The molecule has 2 heterocycles. The molecule has 0 unspecified atom stereocenters. The van der Waals surface area contributed by atoms with Gasteiger partial charge in [0.05, 0.1) is 23.6 Å². The second-order valence-corrected chi connectivity index (χ2v) is 13.0. The van der Waals surface area contributed by atoms with E-state index in [0.717, 1.165) is 73.3 Å². The summed E-state index contributed by atoms with van der Waals surface area (Å²) < 4.78 is 10.7. The Bertz CT molecular complexity index is 1460. The van der Waals surface area contributed by atoms with E-state index in [4.69, 9.17) is 21.1 Å². The Morgan fingerprint density at radius 2 is 1.86 bits per heavy atom. The number of nitrogens with one attached hydrogen (secondary N) is 1. The number of ether oxygens (including phenoxy) is 2. The fourth-order valence-electron chi connectivity index (χ4n) is 6.40. The summed E-state index contributed by atoms with van der Waals surface area (Å²) >= 11 is 6.41. The SMILES string of the molecule is CCOC(=O)c1cccc(-c2ncnc3c2CCN([C@H]2CC[C@@](CNC(=O)OC(C)(C)C)(c4cccc(Cl)c4)CC2)C3)c1. The fraction of sp³-hybridized carbons (Fsp3) is 0.471. The van der Waals surface area contributed by atoms with Crippen molar-refractivity contribution in [2.75, 3.05) is 19.7 Å². The number of amides is 1. The van der Waals surface area contributed by atoms with E-state index in [0.29, 0.717) is 29.8 Å². The molecule has 2 aromatic carbocycles. The number of carbonyl (C=O) groups excluding carboxylic acids is 2. The molecule has 0 atom stereocenters. The molecule has 1 aliphatic carbocycles. The molecule has 228 valence electrons. The highest BCUT2D eigenvalue weighted by Crippen LogP contribution is 2.42. The van der Waals surface area contributed by atoms with Crippen molar-refractivity contribution < 1.29 is 19.1 Å². The lowest BCUT2D eigenvalue weighted by Crippen LogP contribution is -2.49. The van der Waals surface area contributed by atoms with Crippen LogP contribution in [0.25, 0.3) is 11.3 Å². The van der Waals surface area contributed by atoms with Gasteiger partial charge < -0.3 is 14.8 Å². The Balaban J connectivity index is 1.30. The first kappa shape index (κ1) is 31.0. The van der Waals surface area contributed by atoms with Gasteiger partial charge in [-0.25, -0.2) is 19.6 Å². The third kappa shape index (κ3) is 7.36. The van der Waals surface area contributed by atoms with Crippen LogP contribution in [0.4, 0.5) is 4.79 Å². The first-order chi connectivity index (χ1) is 20.6. The van der Waals surface area contributed by atoms with Crippen molar-refractivity contribution in [3.05, 3.63) is 82.3 Å². The molecular weight excluding hydrogens is 564 g/mol. The van der Waals surface area contributed by atoms with Crippen LogP contribution >= 0.6 is 11.6 Å². The molecule has 1 aliphatic heterocycles. The number of esters is 1. The lowest BCUT2D eigenvalue weighted by molar-refractivity contribution is 0.0491. The van der Waals surface area contributed by atoms with Crippen LogP contribution in [0.15, 0.2) is 54.9 Å². The minimum Gasteiger partial charge on any atom is -0.462 e. The third-order valence-electron chi connectivity index (χ3n) is 8.52. The van der Waals surface area contributed by atoms with Crippen molar-refractivity contribution in [3.8, 4) is 11.3 Å². The number of hydrogen-bond acceptors (Lipinski definition) is 7. The van der Waals surface area contributed by atoms with E-state index in [1.54, 1.807) is 19.3 Å². The van der Waals surface area contributed by atoms with E-state index in [2.05, 4.69) is 26.3 Å². The Labute approximate surface area is 259 Å². The van der Waals surface area contributed by atoms with Gasteiger partial charge in [-0.05, 0) is 89.6 Å². The smallest absolute Gasteiger partial charge is 0.407 e. The number of rotatable bonds is 7. The number of fused-ring (bicyclic) bond motifs is 1. The van der Waals surface area contributed by atoms with Gasteiger partial charge in [0.2, 0.25) is 0 Å². The maximum atomic E-state index is 12.6. The molecule has 0 saturated heterocycles. The largest absolute Gasteiger partial charge is 0.462 e. The Hall–Kier alpha value is -3.49. The number of halogens is 1. The maximum absolute atomic E-state index is 12.6. The second kappa shape index (κ2) is 13.0. The molecule has 2 aliphatic rings. The average Bonchev–Trinajstić information content (AvgIpc) is 2.99. The minimum atomic E-state index is -0.553. The molecule has 9 heteroatoms. The summed E-state index contributed by atoms with van der Waals surface area (Å²) in [6.45, 7) is 9.92. The summed E-state index contributed by atoms with van der Waals surface area (Å²) in [7, 11) is 0. The molecule has 1 saturated carbocycles. The topological polar surface area (TPSA) is 93.6 Å². The quantitative estimate of drug-likeness (QED) is 0.299. The summed E-state index contributed by atoms with van der Waals surface area (Å²) in [6.07, 6.45) is 5.91. The zero-order valence-corrected chi connectivity index (χ0v) is 26.2. The van der Waals surface area contributed by atoms with E-state index in [9.17, 15) is 9.59 Å². The number of alkyl carbamates (subject to hydrolysis) is 1. The second-order valence-electron chi connectivity index (χ2n) is 12.5. The van der Waals surface area contributed by atoms with Crippen LogP contribution in [-0.4, -0.2) is 58.3 Å². The van der Waals surface area contributed by atoms with E-state index >= 15 is 0 Å². The molecule has 0 bridgehead atoms. The predicted octanol–water partition coefficient (Wildman–Crippen LogP) is 6.74. The van der Waals surface area contributed by atoms with Crippen molar-refractivity contribution in [3.63, 3.8) is 0 Å². The van der Waals surface area contributed by atoms with Crippen LogP contribution < -0.4 is 5.32 Å². The molecule has 1 aromatic heterocycles. The van der Waals surface area contributed by atoms with Crippen molar-refractivity contribution in [2.24, 2.45) is 0 Å². The van der Waals surface area contributed by atoms with Crippen LogP contribution in [0.5, 0.6) is 0 Å². The lowest BCUT2D eigenvalue weighted by atomic mass is 9.67. The first-order valence-corrected chi connectivity index (χ1v) is 15.5. The number of hydrogen-bond donors (Lipinski definition) is 1. The molecule has 3 aromatic rings. The third-order valence-corrected chi connectivity index (χ3v) is 8.75. The van der Waals surface area contributed by atoms with Gasteiger partial charge in [0.15, 0.2) is 0 Å². The van der Waals surface area contributed by atoms with Crippen molar-refractivity contribution >= 4 is 23.7 Å². The average molecular weight is 605 g/mol. The van der Waals surface area contributed by atoms with Gasteiger partial charge in [-0.3, -0.25) is 4.90 Å². The van der Waals surface area contributed by atoms with Crippen molar-refractivity contribution in [1.82, 2.24) is 20.2 Å². The molecule has 8 nitrogen and oxygen atoms in total. The van der Waals surface area contributed by atoms with Gasteiger partial charge in [0.25, 0.3) is 0 Å². The highest BCUT2D eigenvalue weighted by atomic mass is 35.5. The van der Waals surface area contributed by atoms with Crippen LogP contribution in [0.2, 0.25) is 5.02 Å². The maximum Gasteiger partial charge on any atom is 0.407 e. The zero-order valence-electron chi connectivity index (χ0n) is 25.5. The van der Waals surface area contributed by atoms with E-state index in [1.807, 2.05) is 57.2 Å². The van der Waals surface area contributed by atoms with E-state index < -0.39 is 11.7 Å². The molecule has 1 amide bonds. The summed E-state index contributed by atoms with van der Waals surface area (Å²) in [5, 5.41) is 3.75. The summed E-state index contributed by atoms with van der Waals surface area (Å²) in [4.78, 5) is 36.7. The van der Waals surface area contributed by atoms with Crippen LogP contribution in [0, 0.1) is 0 Å². The van der Waals surface area contributed by atoms with E-state index in [1.165, 1.54) is 0 Å². The number of nitrogens with zero attached hydrogens (tertiary/aromatic N) is 3. The fourth-order valence-corrected chi connectivity index (χ4v) is 6.59. The lowest BCUT2D eigenvalue weighted by Gasteiger charge is -2.45. The number of carbonyl (C=O) groups is 2. The van der Waals surface area contributed by atoms with Crippen molar-refractivity contribution in [2.45, 2.75) is 83.4 Å². The summed E-state index contributed by atoms with van der Waals surface area (Å²) in [5.74, 6) is -0.328. The molecular formula is C34H41ClN4O4. The van der Waals surface area contributed by atoms with Gasteiger partial charge in [-0.15, -0.1) is 0 Å². The normalized spacial score (nSPS) is 20.6. The monoisotopic (exact) mass is 604 g/mol. The Morgan fingerprint density at radius 3 is 2.58 bits per heavy atom. The predicted molar refractivity (Wildman–Crippen MR) is 167 cm³/mol. The van der Waals surface area contributed by atoms with E-state index in [-0.39, 0.29) is 11.4 Å². The van der Waals surface area contributed by atoms with Crippen LogP contribution in [0.3, 0.4) is 0 Å². The Morgan fingerprint density at radius 1 is 1.09 bits per heavy atom. The van der Waals surface area contributed by atoms with Crippen LogP contribution in [-0.2, 0) is 27.9 Å². The molecule has 1 fully saturated rings. The van der Waals surface area contributed by atoms with Gasteiger partial charge in [0, 0.05) is 47.2 Å². The minimum absolute atomic E-state index is 0.217. The summed E-state index contributed by atoms with van der Waals surface area (Å²) in [5.41, 5.74) is 4.87. The number of aromatic nitrogens is 2. The first-order valence-electron chi connectivity index (χ1n) is 15.1. The van der Waals surface area contributed by atoms with Crippen molar-refractivity contribution in [1.29, 1.82) is 0 Å². The molecule has 0 spiro atoms. The molecule has 0 radical (unpaired) electrons. The highest BCUT2D eigenvalue weighted by molar-refractivity contribution is 6.30. The molecule has 1 N–H and O–H groups in total. The zero-order chi connectivity index (χ0) is 30.6.